The van der Waals surface area contributed by atoms with E-state index in [9.17, 15) is 0 Å². The third kappa shape index (κ3) is 3.16. The molecule has 1 atom stereocenters. The van der Waals surface area contributed by atoms with Gasteiger partial charge in [0.25, 0.3) is 0 Å². The van der Waals surface area contributed by atoms with Crippen LogP contribution in [0.1, 0.15) is 19.3 Å². The van der Waals surface area contributed by atoms with Crippen molar-refractivity contribution in [1.29, 1.82) is 0 Å². The number of ether oxygens (including phenoxy) is 2. The molecular weight excluding hydrogens is 356 g/mol. The van der Waals surface area contributed by atoms with Gasteiger partial charge in [0.1, 0.15) is 12.1 Å². The van der Waals surface area contributed by atoms with Gasteiger partial charge in [-0.25, -0.2) is 0 Å². The molecule has 8 heteroatoms. The van der Waals surface area contributed by atoms with Gasteiger partial charge in [-0.15, -0.1) is 5.10 Å². The lowest BCUT2D eigenvalue weighted by atomic mass is 10.1. The largest absolute Gasteiger partial charge is 0.473 e. The van der Waals surface area contributed by atoms with Gasteiger partial charge < -0.3 is 14.8 Å². The van der Waals surface area contributed by atoms with Gasteiger partial charge in [0.15, 0.2) is 5.82 Å². The maximum Gasteiger partial charge on any atom is 0.240 e. The van der Waals surface area contributed by atoms with Gasteiger partial charge >= 0.3 is 0 Å². The van der Waals surface area contributed by atoms with Gasteiger partial charge in [0.05, 0.1) is 22.5 Å². The number of nitrogens with one attached hydrogen (secondary N) is 2. The van der Waals surface area contributed by atoms with E-state index in [0.717, 1.165) is 47.1 Å². The third-order valence-corrected chi connectivity index (χ3v) is 5.08. The van der Waals surface area contributed by atoms with Crippen molar-refractivity contribution in [3.8, 4) is 5.88 Å². The molecule has 0 spiro atoms. The lowest BCUT2D eigenvalue weighted by Crippen LogP contribution is -2.25. The molecule has 28 heavy (non-hydrogen) atoms. The van der Waals surface area contributed by atoms with Crippen LogP contribution in [-0.2, 0) is 11.8 Å². The zero-order valence-corrected chi connectivity index (χ0v) is 15.7. The van der Waals surface area contributed by atoms with Crippen LogP contribution in [-0.4, -0.2) is 44.3 Å². The Morgan fingerprint density at radius 1 is 1.32 bits per heavy atom. The van der Waals surface area contributed by atoms with Gasteiger partial charge in [-0.3, -0.25) is 14.8 Å². The van der Waals surface area contributed by atoms with Gasteiger partial charge in [0, 0.05) is 25.5 Å². The van der Waals surface area contributed by atoms with Crippen LogP contribution in [0.5, 0.6) is 5.88 Å². The Kier molecular flexibility index (Phi) is 4.32. The summed E-state index contributed by atoms with van der Waals surface area (Å²) in [5.41, 5.74) is 3.60. The highest BCUT2D eigenvalue weighted by Gasteiger charge is 2.17. The van der Waals surface area contributed by atoms with E-state index in [1.165, 1.54) is 6.42 Å². The zero-order valence-electron chi connectivity index (χ0n) is 15.7. The number of hydrogen-bond acceptors (Lipinski definition) is 6. The minimum absolute atomic E-state index is 0.159. The SMILES string of the molecule is Cn1nc(OCC2CCCCO2)c2ccc(Nc3n[nH]c4cccnc34)cc21. The highest BCUT2D eigenvalue weighted by atomic mass is 16.5. The fraction of sp³-hybridized carbons (Fsp3) is 0.350. The van der Waals surface area contributed by atoms with Crippen molar-refractivity contribution in [3.05, 3.63) is 36.5 Å². The van der Waals surface area contributed by atoms with Crippen molar-refractivity contribution in [2.24, 2.45) is 7.05 Å². The molecule has 2 N–H and O–H groups in total. The first-order chi connectivity index (χ1) is 13.8. The highest BCUT2D eigenvalue weighted by molar-refractivity contribution is 5.91. The molecule has 144 valence electrons. The number of aromatic nitrogens is 5. The molecule has 1 aliphatic rings. The van der Waals surface area contributed by atoms with Gasteiger partial charge in [0.2, 0.25) is 5.88 Å². The van der Waals surface area contributed by atoms with E-state index < -0.39 is 0 Å². The predicted molar refractivity (Wildman–Crippen MR) is 107 cm³/mol. The lowest BCUT2D eigenvalue weighted by Gasteiger charge is -2.22. The molecule has 1 aromatic carbocycles. The minimum atomic E-state index is 0.159. The Balaban J connectivity index is 1.38. The number of aromatic amines is 1. The molecule has 1 unspecified atom stereocenters. The molecule has 4 heterocycles. The number of nitrogens with zero attached hydrogens (tertiary/aromatic N) is 4. The molecule has 0 saturated carbocycles. The van der Waals surface area contributed by atoms with Crippen LogP contribution in [0.25, 0.3) is 21.9 Å². The quantitative estimate of drug-likeness (QED) is 0.552. The van der Waals surface area contributed by atoms with E-state index in [1.54, 1.807) is 6.20 Å². The van der Waals surface area contributed by atoms with Crippen molar-refractivity contribution in [3.63, 3.8) is 0 Å². The Bertz CT molecular complexity index is 1110. The summed E-state index contributed by atoms with van der Waals surface area (Å²) >= 11 is 0. The van der Waals surface area contributed by atoms with Crippen LogP contribution >= 0.6 is 0 Å². The number of rotatable bonds is 5. The number of benzene rings is 1. The lowest BCUT2D eigenvalue weighted by molar-refractivity contribution is -0.0117. The van der Waals surface area contributed by atoms with Crippen LogP contribution in [0.15, 0.2) is 36.5 Å². The first-order valence-electron chi connectivity index (χ1n) is 9.55. The summed E-state index contributed by atoms with van der Waals surface area (Å²) in [6.07, 6.45) is 5.30. The molecule has 3 aromatic heterocycles. The number of fused-ring (bicyclic) bond motifs is 2. The Morgan fingerprint density at radius 2 is 2.29 bits per heavy atom. The molecule has 1 aliphatic heterocycles. The average molecular weight is 378 g/mol. The Hall–Kier alpha value is -3.13. The Labute approximate surface area is 161 Å². The van der Waals surface area contributed by atoms with Crippen molar-refractivity contribution in [2.45, 2.75) is 25.4 Å². The monoisotopic (exact) mass is 378 g/mol. The molecule has 0 aliphatic carbocycles. The molecule has 1 fully saturated rings. The summed E-state index contributed by atoms with van der Waals surface area (Å²) in [5.74, 6) is 1.34. The predicted octanol–water partition coefficient (Wildman–Crippen LogP) is 3.54. The van der Waals surface area contributed by atoms with Crippen LogP contribution in [0.3, 0.4) is 0 Å². The number of pyridine rings is 1. The summed E-state index contributed by atoms with van der Waals surface area (Å²) in [4.78, 5) is 4.38. The molecule has 5 rings (SSSR count). The van der Waals surface area contributed by atoms with Crippen molar-refractivity contribution in [1.82, 2.24) is 25.0 Å². The number of hydrogen-bond donors (Lipinski definition) is 2. The topological polar surface area (TPSA) is 89.9 Å². The maximum atomic E-state index is 5.98. The fourth-order valence-corrected chi connectivity index (χ4v) is 3.60. The molecular formula is C20H22N6O2. The molecule has 0 bridgehead atoms. The van der Waals surface area contributed by atoms with E-state index in [0.29, 0.717) is 18.3 Å². The first-order valence-corrected chi connectivity index (χ1v) is 9.55. The van der Waals surface area contributed by atoms with Crippen LogP contribution in [0, 0.1) is 0 Å². The molecule has 8 nitrogen and oxygen atoms in total. The summed E-state index contributed by atoms with van der Waals surface area (Å²) in [6, 6.07) is 9.88. The Morgan fingerprint density at radius 3 is 3.18 bits per heavy atom. The van der Waals surface area contributed by atoms with E-state index >= 15 is 0 Å². The number of anilines is 2. The second kappa shape index (κ2) is 7.12. The first kappa shape index (κ1) is 17.0. The van der Waals surface area contributed by atoms with E-state index in [2.05, 4.69) is 25.6 Å². The van der Waals surface area contributed by atoms with Crippen LogP contribution in [0.2, 0.25) is 0 Å². The highest BCUT2D eigenvalue weighted by Crippen LogP contribution is 2.29. The van der Waals surface area contributed by atoms with Crippen LogP contribution in [0.4, 0.5) is 11.5 Å². The fourth-order valence-electron chi connectivity index (χ4n) is 3.60. The second-order valence-corrected chi connectivity index (χ2v) is 7.06. The molecule has 0 amide bonds. The van der Waals surface area contributed by atoms with Gasteiger partial charge in [-0.1, -0.05) is 0 Å². The summed E-state index contributed by atoms with van der Waals surface area (Å²) < 4.78 is 13.6. The summed E-state index contributed by atoms with van der Waals surface area (Å²) in [6.45, 7) is 1.36. The molecule has 4 aromatic rings. The van der Waals surface area contributed by atoms with E-state index in [1.807, 2.05) is 42.1 Å². The van der Waals surface area contributed by atoms with Gasteiger partial charge in [-0.05, 0) is 49.6 Å². The maximum absolute atomic E-state index is 5.98. The second-order valence-electron chi connectivity index (χ2n) is 7.06. The van der Waals surface area contributed by atoms with E-state index in [-0.39, 0.29) is 6.10 Å². The number of H-pyrrole nitrogens is 1. The summed E-state index contributed by atoms with van der Waals surface area (Å²) in [7, 11) is 1.92. The summed E-state index contributed by atoms with van der Waals surface area (Å²) in [5, 5.41) is 16.2. The van der Waals surface area contributed by atoms with Crippen molar-refractivity contribution < 1.29 is 9.47 Å². The van der Waals surface area contributed by atoms with Crippen LogP contribution < -0.4 is 10.1 Å². The average Bonchev–Trinajstić information content (AvgIpc) is 3.28. The van der Waals surface area contributed by atoms with Crippen molar-refractivity contribution in [2.75, 3.05) is 18.5 Å². The minimum Gasteiger partial charge on any atom is -0.473 e. The standard InChI is InChI=1S/C20H22N6O2/c1-26-17-11-13(22-19-18-16(23-24-19)6-4-9-21-18)7-8-15(17)20(25-26)28-12-14-5-2-3-10-27-14/h4,6-9,11,14H,2-3,5,10,12H2,1H3,(H2,22,23,24). The third-order valence-electron chi connectivity index (χ3n) is 5.08. The van der Waals surface area contributed by atoms with Gasteiger partial charge in [-0.2, -0.15) is 5.10 Å². The zero-order chi connectivity index (χ0) is 18.9. The smallest absolute Gasteiger partial charge is 0.240 e. The normalized spacial score (nSPS) is 17.2. The van der Waals surface area contributed by atoms with Crippen molar-refractivity contribution >= 4 is 33.4 Å². The van der Waals surface area contributed by atoms with E-state index in [4.69, 9.17) is 9.47 Å². The number of aryl methyl sites for hydroxylation is 1. The molecule has 1 saturated heterocycles. The molecule has 0 radical (unpaired) electrons.